The van der Waals surface area contributed by atoms with E-state index in [4.69, 9.17) is 5.26 Å². The van der Waals surface area contributed by atoms with Gasteiger partial charge in [0.25, 0.3) is 5.91 Å². The molecule has 0 fully saturated rings. The highest BCUT2D eigenvalue weighted by molar-refractivity contribution is 7.20. The van der Waals surface area contributed by atoms with Crippen LogP contribution in [0.2, 0.25) is 0 Å². The number of rotatable bonds is 7. The molecule has 2 heterocycles. The number of benzene rings is 2. The van der Waals surface area contributed by atoms with Gasteiger partial charge in [-0.05, 0) is 48.4 Å². The highest BCUT2D eigenvalue weighted by Crippen LogP contribution is 2.30. The Balaban J connectivity index is 1.60. The zero-order valence-electron chi connectivity index (χ0n) is 17.6. The van der Waals surface area contributed by atoms with Crippen LogP contribution in [0, 0.1) is 24.1 Å². The first-order valence-electron chi connectivity index (χ1n) is 10.1. The van der Waals surface area contributed by atoms with Crippen LogP contribution in [0.5, 0.6) is 0 Å². The quantitative estimate of drug-likeness (QED) is 0.364. The summed E-state index contributed by atoms with van der Waals surface area (Å²) in [6, 6.07) is 17.5. The van der Waals surface area contributed by atoms with E-state index >= 15 is 0 Å². The van der Waals surface area contributed by atoms with Gasteiger partial charge in [0.05, 0.1) is 28.7 Å². The maximum Gasteiger partial charge on any atom is 0.264 e. The smallest absolute Gasteiger partial charge is 0.264 e. The van der Waals surface area contributed by atoms with Crippen molar-refractivity contribution in [3.05, 3.63) is 100 Å². The molecule has 0 aliphatic heterocycles. The van der Waals surface area contributed by atoms with E-state index in [-0.39, 0.29) is 11.7 Å². The molecule has 32 heavy (non-hydrogen) atoms. The van der Waals surface area contributed by atoms with Gasteiger partial charge in [0, 0.05) is 18.5 Å². The minimum atomic E-state index is -0.274. The van der Waals surface area contributed by atoms with Gasteiger partial charge in [0.1, 0.15) is 10.6 Å². The molecule has 0 bridgehead atoms. The predicted molar refractivity (Wildman–Crippen MR) is 124 cm³/mol. The summed E-state index contributed by atoms with van der Waals surface area (Å²) in [7, 11) is 0. The van der Waals surface area contributed by atoms with Crippen LogP contribution in [-0.2, 0) is 13.1 Å². The van der Waals surface area contributed by atoms with Gasteiger partial charge in [-0.1, -0.05) is 30.3 Å². The highest BCUT2D eigenvalue weighted by Gasteiger charge is 2.21. The van der Waals surface area contributed by atoms with Gasteiger partial charge in [-0.15, -0.1) is 17.9 Å². The molecule has 0 radical (unpaired) electrons. The van der Waals surface area contributed by atoms with Gasteiger partial charge in [0.2, 0.25) is 0 Å². The van der Waals surface area contributed by atoms with Crippen molar-refractivity contribution in [1.29, 1.82) is 5.26 Å². The first-order valence-corrected chi connectivity index (χ1v) is 10.9. The molecular weight excluding hydrogens is 423 g/mol. The molecule has 2 aromatic heterocycles. The number of fused-ring (bicyclic) bond motifs is 1. The van der Waals surface area contributed by atoms with E-state index < -0.39 is 0 Å². The van der Waals surface area contributed by atoms with Gasteiger partial charge in [-0.2, -0.15) is 10.4 Å². The van der Waals surface area contributed by atoms with E-state index in [2.05, 4.69) is 17.7 Å². The Labute approximate surface area is 189 Å². The number of nitriles is 1. The summed E-state index contributed by atoms with van der Waals surface area (Å²) in [5.74, 6) is -0.354. The Bertz CT molecular complexity index is 1310. The second kappa shape index (κ2) is 9.16. The number of halogens is 1. The molecule has 1 amide bonds. The molecule has 0 aliphatic carbocycles. The zero-order valence-corrected chi connectivity index (χ0v) is 18.4. The maximum absolute atomic E-state index is 13.3. The van der Waals surface area contributed by atoms with Gasteiger partial charge in [-0.25, -0.2) is 4.39 Å². The number of aromatic nitrogens is 2. The standard InChI is InChI=1S/C25H21FN4OS/c1-3-12-29(15-19-6-4-18(14-27)5-7-19)24(31)23-13-22-17(2)28-30(25(22)32-23)16-20-8-10-21(26)11-9-20/h3-11,13H,1,12,15-16H2,2H3. The lowest BCUT2D eigenvalue weighted by molar-refractivity contribution is 0.0767. The van der Waals surface area contributed by atoms with Crippen LogP contribution in [0.1, 0.15) is 32.1 Å². The first kappa shape index (κ1) is 21.5. The van der Waals surface area contributed by atoms with Gasteiger partial charge < -0.3 is 4.90 Å². The summed E-state index contributed by atoms with van der Waals surface area (Å²) in [4.78, 5) is 16.6. The molecule has 0 aliphatic rings. The number of hydrogen-bond donors (Lipinski definition) is 0. The number of aryl methyl sites for hydroxylation is 1. The molecule has 0 N–H and O–H groups in total. The molecule has 0 unspecified atom stereocenters. The number of hydrogen-bond acceptors (Lipinski definition) is 4. The second-order valence-electron chi connectivity index (χ2n) is 7.48. The Morgan fingerprint density at radius 3 is 2.56 bits per heavy atom. The van der Waals surface area contributed by atoms with Gasteiger partial charge >= 0.3 is 0 Å². The number of carbonyl (C=O) groups excluding carboxylic acids is 1. The molecule has 160 valence electrons. The van der Waals surface area contributed by atoms with Crippen LogP contribution < -0.4 is 0 Å². The lowest BCUT2D eigenvalue weighted by Crippen LogP contribution is -2.30. The van der Waals surface area contributed by atoms with Crippen molar-refractivity contribution in [2.75, 3.05) is 6.54 Å². The molecule has 2 aromatic carbocycles. The monoisotopic (exact) mass is 444 g/mol. The van der Waals surface area contributed by atoms with Crippen molar-refractivity contribution in [3.8, 4) is 6.07 Å². The Morgan fingerprint density at radius 1 is 1.22 bits per heavy atom. The fraction of sp³-hybridized carbons (Fsp3) is 0.160. The van der Waals surface area contributed by atoms with E-state index in [1.165, 1.54) is 23.5 Å². The topological polar surface area (TPSA) is 61.9 Å². The summed E-state index contributed by atoms with van der Waals surface area (Å²) in [5, 5.41) is 14.5. The van der Waals surface area contributed by atoms with Crippen molar-refractivity contribution in [2.45, 2.75) is 20.0 Å². The molecule has 0 spiro atoms. The average molecular weight is 445 g/mol. The third-order valence-corrected chi connectivity index (χ3v) is 6.29. The lowest BCUT2D eigenvalue weighted by atomic mass is 10.1. The predicted octanol–water partition coefficient (Wildman–Crippen LogP) is 5.29. The molecule has 4 aromatic rings. The fourth-order valence-electron chi connectivity index (χ4n) is 3.52. The van der Waals surface area contributed by atoms with Crippen molar-refractivity contribution in [3.63, 3.8) is 0 Å². The van der Waals surface area contributed by atoms with Crippen LogP contribution in [0.4, 0.5) is 4.39 Å². The number of nitrogens with zero attached hydrogens (tertiary/aromatic N) is 4. The second-order valence-corrected chi connectivity index (χ2v) is 8.51. The van der Waals surface area contributed by atoms with Gasteiger partial charge in [0.15, 0.2) is 0 Å². The van der Waals surface area contributed by atoms with E-state index in [0.29, 0.717) is 30.1 Å². The molecule has 7 heteroatoms. The molecule has 0 saturated carbocycles. The zero-order chi connectivity index (χ0) is 22.7. The van der Waals surface area contributed by atoms with Crippen LogP contribution in [0.3, 0.4) is 0 Å². The Morgan fingerprint density at radius 2 is 1.91 bits per heavy atom. The van der Waals surface area contributed by atoms with Crippen molar-refractivity contribution in [2.24, 2.45) is 0 Å². The van der Waals surface area contributed by atoms with Crippen molar-refractivity contribution in [1.82, 2.24) is 14.7 Å². The third-order valence-electron chi connectivity index (χ3n) is 5.16. The van der Waals surface area contributed by atoms with E-state index in [9.17, 15) is 9.18 Å². The molecule has 4 rings (SSSR count). The minimum absolute atomic E-state index is 0.0804. The Kier molecular flexibility index (Phi) is 6.15. The summed E-state index contributed by atoms with van der Waals surface area (Å²) in [6.45, 7) is 7.04. The summed E-state index contributed by atoms with van der Waals surface area (Å²) in [6.07, 6.45) is 1.70. The SMILES string of the molecule is C=CCN(Cc1ccc(C#N)cc1)C(=O)c1cc2c(C)nn(Cc3ccc(F)cc3)c2s1. The largest absolute Gasteiger partial charge is 0.330 e. The highest BCUT2D eigenvalue weighted by atomic mass is 32.1. The molecule has 0 saturated heterocycles. The number of amides is 1. The average Bonchev–Trinajstić information content (AvgIpc) is 3.36. The van der Waals surface area contributed by atoms with E-state index in [0.717, 1.165) is 27.0 Å². The normalized spacial score (nSPS) is 10.8. The fourth-order valence-corrected chi connectivity index (χ4v) is 4.65. The molecule has 0 atom stereocenters. The maximum atomic E-state index is 13.3. The first-order chi connectivity index (χ1) is 15.5. The third kappa shape index (κ3) is 4.46. The minimum Gasteiger partial charge on any atom is -0.330 e. The van der Waals surface area contributed by atoms with E-state index in [1.54, 1.807) is 35.2 Å². The van der Waals surface area contributed by atoms with Gasteiger partial charge in [-0.3, -0.25) is 9.48 Å². The summed E-state index contributed by atoms with van der Waals surface area (Å²) < 4.78 is 15.1. The van der Waals surface area contributed by atoms with Crippen LogP contribution >= 0.6 is 11.3 Å². The number of thiophene rings is 1. The van der Waals surface area contributed by atoms with E-state index in [1.807, 2.05) is 29.8 Å². The van der Waals surface area contributed by atoms with Crippen molar-refractivity contribution < 1.29 is 9.18 Å². The summed E-state index contributed by atoms with van der Waals surface area (Å²) >= 11 is 1.40. The lowest BCUT2D eigenvalue weighted by Gasteiger charge is -2.20. The summed E-state index contributed by atoms with van der Waals surface area (Å²) in [5.41, 5.74) is 3.31. The van der Waals surface area contributed by atoms with Crippen LogP contribution in [0.25, 0.3) is 10.2 Å². The van der Waals surface area contributed by atoms with Crippen molar-refractivity contribution >= 4 is 27.5 Å². The molecule has 5 nitrogen and oxygen atoms in total. The number of carbonyl (C=O) groups is 1. The molecular formula is C25H21FN4OS. The Hall–Kier alpha value is -3.76. The van der Waals surface area contributed by atoms with Crippen LogP contribution in [-0.4, -0.2) is 27.1 Å². The van der Waals surface area contributed by atoms with Crippen LogP contribution in [0.15, 0.2) is 67.3 Å².